The highest BCUT2D eigenvalue weighted by atomic mass is 79.9. The van der Waals surface area contributed by atoms with Gasteiger partial charge >= 0.3 is 0 Å². The second-order valence-electron chi connectivity index (χ2n) is 9.09. The lowest BCUT2D eigenvalue weighted by atomic mass is 9.74. The third-order valence-corrected chi connectivity index (χ3v) is 7.57. The molecule has 6 rings (SSSR count). The molecule has 4 N–H and O–H groups in total. The van der Waals surface area contributed by atoms with Crippen LogP contribution in [0.25, 0.3) is 10.8 Å². The molecule has 0 fully saturated rings. The van der Waals surface area contributed by atoms with Gasteiger partial charge in [0.15, 0.2) is 5.78 Å². The summed E-state index contributed by atoms with van der Waals surface area (Å²) in [6.07, 6.45) is 1.94. The van der Waals surface area contributed by atoms with E-state index in [-0.39, 0.29) is 22.9 Å². The predicted octanol–water partition coefficient (Wildman–Crippen LogP) is 6.32. The van der Waals surface area contributed by atoms with Gasteiger partial charge in [-0.3, -0.25) is 9.69 Å². The van der Waals surface area contributed by atoms with E-state index in [9.17, 15) is 10.1 Å². The zero-order valence-electron chi connectivity index (χ0n) is 19.3. The van der Waals surface area contributed by atoms with Gasteiger partial charge in [0, 0.05) is 39.0 Å². The number of pyridine rings is 1. The molecule has 1 aliphatic heterocycles. The fourth-order valence-electron chi connectivity index (χ4n) is 5.56. The number of carbonyl (C=O) groups is 1. The van der Waals surface area contributed by atoms with E-state index in [4.69, 9.17) is 16.5 Å². The average Bonchev–Trinajstić information content (AvgIpc) is 2.88. The fraction of sp³-hybridized carbons (Fsp3) is 0.138. The van der Waals surface area contributed by atoms with Gasteiger partial charge in [-0.15, -0.1) is 0 Å². The molecule has 0 saturated carbocycles. The maximum absolute atomic E-state index is 13.6. The number of halogens is 1. The summed E-state index contributed by atoms with van der Waals surface area (Å²) < 4.78 is 0.894. The first-order valence-corrected chi connectivity index (χ1v) is 12.6. The molecule has 4 aromatic rings. The highest BCUT2D eigenvalue weighted by molar-refractivity contribution is 9.10. The number of benzene rings is 3. The number of nitrogens with two attached hydrogens (primary N) is 2. The summed E-state index contributed by atoms with van der Waals surface area (Å²) in [5.41, 5.74) is 17.4. The second kappa shape index (κ2) is 8.51. The molecule has 1 aromatic heterocycles. The Morgan fingerprint density at radius 1 is 1.03 bits per heavy atom. The van der Waals surface area contributed by atoms with Crippen molar-refractivity contribution in [1.29, 1.82) is 5.26 Å². The van der Waals surface area contributed by atoms with Crippen LogP contribution in [0, 0.1) is 11.3 Å². The zero-order chi connectivity index (χ0) is 25.0. The minimum absolute atomic E-state index is 0.0816. The van der Waals surface area contributed by atoms with Crippen LogP contribution in [0.2, 0.25) is 0 Å². The maximum atomic E-state index is 13.6. The van der Waals surface area contributed by atoms with E-state index in [1.54, 1.807) is 0 Å². The van der Waals surface area contributed by atoms with Gasteiger partial charge < -0.3 is 11.5 Å². The van der Waals surface area contributed by atoms with Crippen LogP contribution < -0.4 is 16.4 Å². The number of nitrogen functional groups attached to an aromatic ring is 2. The molecule has 0 amide bonds. The fourth-order valence-corrected chi connectivity index (χ4v) is 5.97. The molecule has 0 saturated heterocycles. The van der Waals surface area contributed by atoms with Crippen LogP contribution in [0.4, 0.5) is 23.0 Å². The largest absolute Gasteiger partial charge is 0.397 e. The Labute approximate surface area is 217 Å². The Hall–Kier alpha value is -4.15. The van der Waals surface area contributed by atoms with Gasteiger partial charge in [-0.05, 0) is 42.0 Å². The number of allylic oxidation sites excluding steroid dienone is 2. The number of hydrogen-bond donors (Lipinski definition) is 2. The number of ketones is 1. The Bertz CT molecular complexity index is 1650. The molecule has 2 aliphatic rings. The van der Waals surface area contributed by atoms with E-state index in [0.717, 1.165) is 45.0 Å². The van der Waals surface area contributed by atoms with Crippen molar-refractivity contribution < 1.29 is 4.79 Å². The lowest BCUT2D eigenvalue weighted by Gasteiger charge is -2.41. The molecule has 1 unspecified atom stereocenters. The van der Waals surface area contributed by atoms with Gasteiger partial charge in [-0.2, -0.15) is 5.26 Å². The lowest BCUT2D eigenvalue weighted by Crippen LogP contribution is -2.34. The summed E-state index contributed by atoms with van der Waals surface area (Å²) in [5.74, 6) is 0.288. The van der Waals surface area contributed by atoms with E-state index in [0.29, 0.717) is 23.4 Å². The number of aromatic nitrogens is 1. The number of anilines is 4. The van der Waals surface area contributed by atoms with Crippen molar-refractivity contribution in [1.82, 2.24) is 4.98 Å². The number of nitrogens with zero attached hydrogens (tertiary/aromatic N) is 3. The summed E-state index contributed by atoms with van der Waals surface area (Å²) >= 11 is 3.58. The Morgan fingerprint density at radius 2 is 1.81 bits per heavy atom. The van der Waals surface area contributed by atoms with E-state index >= 15 is 0 Å². The average molecular weight is 536 g/mol. The van der Waals surface area contributed by atoms with Gasteiger partial charge in [-0.25, -0.2) is 4.98 Å². The van der Waals surface area contributed by atoms with Crippen LogP contribution in [0.1, 0.15) is 41.9 Å². The van der Waals surface area contributed by atoms with Gasteiger partial charge in [0.05, 0.1) is 11.4 Å². The highest BCUT2D eigenvalue weighted by Crippen LogP contribution is 2.53. The van der Waals surface area contributed by atoms with Crippen molar-refractivity contribution in [2.45, 2.75) is 25.2 Å². The van der Waals surface area contributed by atoms with Crippen LogP contribution in [0.15, 0.2) is 82.5 Å². The number of Topliss-reactive ketones (excluding diaryl/α,β-unsaturated/α-hetero) is 1. The third kappa shape index (κ3) is 3.29. The van der Waals surface area contributed by atoms with Gasteiger partial charge in [0.1, 0.15) is 23.3 Å². The van der Waals surface area contributed by atoms with E-state index < -0.39 is 5.92 Å². The first kappa shape index (κ1) is 22.3. The van der Waals surface area contributed by atoms with Crippen LogP contribution >= 0.6 is 15.9 Å². The molecule has 0 bridgehead atoms. The third-order valence-electron chi connectivity index (χ3n) is 7.07. The number of carbonyl (C=O) groups excluding carboxylic acids is 1. The van der Waals surface area contributed by atoms with Crippen molar-refractivity contribution in [3.63, 3.8) is 0 Å². The molecular weight excluding hydrogens is 514 g/mol. The zero-order valence-corrected chi connectivity index (χ0v) is 20.9. The predicted molar refractivity (Wildman–Crippen MR) is 146 cm³/mol. The molecule has 0 radical (unpaired) electrons. The summed E-state index contributed by atoms with van der Waals surface area (Å²) in [7, 11) is 0. The highest BCUT2D eigenvalue weighted by Gasteiger charge is 2.42. The van der Waals surface area contributed by atoms with Crippen molar-refractivity contribution in [2.75, 3.05) is 16.4 Å². The topological polar surface area (TPSA) is 109 Å². The molecular formula is C29H22BrN5O. The van der Waals surface area contributed by atoms with Gasteiger partial charge in [0.25, 0.3) is 0 Å². The quantitative estimate of drug-likeness (QED) is 0.310. The Morgan fingerprint density at radius 3 is 2.61 bits per heavy atom. The number of fused-ring (bicyclic) bond motifs is 2. The summed E-state index contributed by atoms with van der Waals surface area (Å²) in [4.78, 5) is 20.4. The molecule has 176 valence electrons. The normalized spacial score (nSPS) is 17.1. The number of rotatable bonds is 2. The molecule has 6 nitrogen and oxygen atoms in total. The van der Waals surface area contributed by atoms with Crippen LogP contribution in [-0.2, 0) is 4.79 Å². The molecule has 1 aliphatic carbocycles. The van der Waals surface area contributed by atoms with E-state index in [1.807, 2.05) is 53.4 Å². The van der Waals surface area contributed by atoms with Crippen molar-refractivity contribution in [2.24, 2.45) is 0 Å². The molecule has 0 spiro atoms. The summed E-state index contributed by atoms with van der Waals surface area (Å²) in [6.45, 7) is 0. The Kier molecular flexibility index (Phi) is 5.27. The van der Waals surface area contributed by atoms with E-state index in [1.165, 1.54) is 0 Å². The van der Waals surface area contributed by atoms with Crippen molar-refractivity contribution in [3.8, 4) is 6.07 Å². The van der Waals surface area contributed by atoms with Gasteiger partial charge in [-0.1, -0.05) is 64.5 Å². The van der Waals surface area contributed by atoms with Crippen LogP contribution in [0.3, 0.4) is 0 Å². The standard InChI is InChI=1S/C29H22BrN5O/c30-18-9-3-8-17(14-18)24-25-22(12-5-13-23(25)36)35(21-11-4-7-16-6-1-2-10-19(16)21)29-26(24)27(32)20(15-31)28(33)34-29/h1-4,6-11,14,24H,5,12-13H2,(H4,32,33,34). The maximum Gasteiger partial charge on any atom is 0.161 e. The first-order valence-electron chi connectivity index (χ1n) is 11.8. The first-order chi connectivity index (χ1) is 17.5. The molecule has 3 aromatic carbocycles. The monoisotopic (exact) mass is 535 g/mol. The Balaban J connectivity index is 1.76. The summed E-state index contributed by atoms with van der Waals surface area (Å²) in [5, 5.41) is 12.0. The molecule has 2 heterocycles. The van der Waals surface area contributed by atoms with E-state index in [2.05, 4.69) is 40.2 Å². The molecule has 36 heavy (non-hydrogen) atoms. The summed E-state index contributed by atoms with van der Waals surface area (Å²) in [6, 6.07) is 24.2. The SMILES string of the molecule is N#Cc1c(N)nc2c(c1N)C(c1cccc(Br)c1)C1=C(CCCC1=O)N2c1cccc2ccccc12. The minimum atomic E-state index is -0.452. The minimum Gasteiger partial charge on any atom is -0.397 e. The second-order valence-corrected chi connectivity index (χ2v) is 10.0. The van der Waals surface area contributed by atoms with Crippen molar-refractivity contribution in [3.05, 3.63) is 99.2 Å². The number of hydrogen-bond acceptors (Lipinski definition) is 6. The molecule has 1 atom stereocenters. The molecule has 7 heteroatoms. The van der Waals surface area contributed by atoms with Crippen molar-refractivity contribution >= 4 is 55.5 Å². The van der Waals surface area contributed by atoms with Gasteiger partial charge in [0.2, 0.25) is 0 Å². The van der Waals surface area contributed by atoms with Crippen LogP contribution in [0.5, 0.6) is 0 Å². The number of nitriles is 1. The smallest absolute Gasteiger partial charge is 0.161 e. The van der Waals surface area contributed by atoms with Crippen LogP contribution in [-0.4, -0.2) is 10.8 Å². The lowest BCUT2D eigenvalue weighted by molar-refractivity contribution is -0.116.